The predicted molar refractivity (Wildman–Crippen MR) is 65.3 cm³/mol. The summed E-state index contributed by atoms with van der Waals surface area (Å²) in [6, 6.07) is 1.28. The molecule has 0 aliphatic carbocycles. The number of nitrogens with one attached hydrogen (secondary N) is 1. The molecule has 1 aromatic rings. The second kappa shape index (κ2) is 6.58. The first-order valence-corrected chi connectivity index (χ1v) is 5.64. The van der Waals surface area contributed by atoms with Crippen LogP contribution in [0.2, 0.25) is 0 Å². The summed E-state index contributed by atoms with van der Waals surface area (Å²) in [6.07, 6.45) is 2.92. The fraction of sp³-hybridized carbons (Fsp3) is 0.417. The maximum Gasteiger partial charge on any atom is 0.307 e. The van der Waals surface area contributed by atoms with Crippen LogP contribution in [0.25, 0.3) is 0 Å². The summed E-state index contributed by atoms with van der Waals surface area (Å²) in [7, 11) is 1.54. The number of hydrogen-bond acceptors (Lipinski definition) is 4. The van der Waals surface area contributed by atoms with Gasteiger partial charge in [-0.15, -0.1) is 0 Å². The van der Waals surface area contributed by atoms with E-state index in [9.17, 15) is 14.4 Å². The third-order valence-electron chi connectivity index (χ3n) is 2.36. The summed E-state index contributed by atoms with van der Waals surface area (Å²) in [5.41, 5.74) is -0.286. The highest BCUT2D eigenvalue weighted by Crippen LogP contribution is 1.98. The number of aromatic amines is 1. The molecular formula is C12H16N2O4. The van der Waals surface area contributed by atoms with Gasteiger partial charge in [0, 0.05) is 32.1 Å². The van der Waals surface area contributed by atoms with Crippen molar-refractivity contribution in [1.29, 1.82) is 0 Å². The van der Waals surface area contributed by atoms with Gasteiger partial charge in [0.25, 0.3) is 5.91 Å². The van der Waals surface area contributed by atoms with Crippen LogP contribution in [0.15, 0.2) is 23.3 Å². The monoisotopic (exact) mass is 252 g/mol. The highest BCUT2D eigenvalue weighted by molar-refractivity contribution is 5.93. The van der Waals surface area contributed by atoms with Crippen molar-refractivity contribution in [1.82, 2.24) is 9.88 Å². The summed E-state index contributed by atoms with van der Waals surface area (Å²) < 4.78 is 4.76. The molecule has 1 heterocycles. The van der Waals surface area contributed by atoms with Crippen LogP contribution in [0.4, 0.5) is 0 Å². The molecule has 0 saturated carbocycles. The van der Waals surface area contributed by atoms with Gasteiger partial charge in [-0.1, -0.05) is 0 Å². The van der Waals surface area contributed by atoms with Crippen LogP contribution in [0.1, 0.15) is 23.7 Å². The van der Waals surface area contributed by atoms with Gasteiger partial charge in [0.1, 0.15) is 5.56 Å². The SMILES string of the molecule is CCOC(=O)CCN(C)C(=O)c1c[nH]ccc1=O. The van der Waals surface area contributed by atoms with Crippen LogP contribution in [-0.2, 0) is 9.53 Å². The lowest BCUT2D eigenvalue weighted by atomic mass is 10.2. The average Bonchev–Trinajstić information content (AvgIpc) is 2.36. The minimum absolute atomic E-state index is 0.0591. The van der Waals surface area contributed by atoms with Gasteiger partial charge in [0.05, 0.1) is 13.0 Å². The van der Waals surface area contributed by atoms with Crippen molar-refractivity contribution in [3.05, 3.63) is 34.2 Å². The summed E-state index contributed by atoms with van der Waals surface area (Å²) in [5, 5.41) is 0. The third kappa shape index (κ3) is 3.73. The fourth-order valence-electron chi connectivity index (χ4n) is 1.38. The molecule has 1 amide bonds. The number of ether oxygens (including phenoxy) is 1. The Kier molecular flexibility index (Phi) is 5.10. The molecule has 0 aliphatic rings. The Morgan fingerprint density at radius 1 is 1.44 bits per heavy atom. The number of pyridine rings is 1. The molecule has 0 unspecified atom stereocenters. The summed E-state index contributed by atoms with van der Waals surface area (Å²) in [5.74, 6) is -0.778. The molecule has 6 nitrogen and oxygen atoms in total. The van der Waals surface area contributed by atoms with Gasteiger partial charge >= 0.3 is 5.97 Å². The van der Waals surface area contributed by atoms with E-state index in [1.165, 1.54) is 30.4 Å². The highest BCUT2D eigenvalue weighted by Gasteiger charge is 2.15. The number of carbonyl (C=O) groups excluding carboxylic acids is 2. The second-order valence-electron chi connectivity index (χ2n) is 3.70. The first kappa shape index (κ1) is 14.0. The molecule has 0 aliphatic heterocycles. The molecule has 0 fully saturated rings. The molecule has 1 aromatic heterocycles. The van der Waals surface area contributed by atoms with E-state index < -0.39 is 5.91 Å². The zero-order chi connectivity index (χ0) is 13.5. The van der Waals surface area contributed by atoms with Crippen LogP contribution in [0.3, 0.4) is 0 Å². The van der Waals surface area contributed by atoms with E-state index in [1.54, 1.807) is 6.92 Å². The minimum atomic E-state index is -0.416. The average molecular weight is 252 g/mol. The predicted octanol–water partition coefficient (Wildman–Crippen LogP) is 0.400. The van der Waals surface area contributed by atoms with E-state index in [1.807, 2.05) is 0 Å². The summed E-state index contributed by atoms with van der Waals surface area (Å²) in [6.45, 7) is 2.25. The van der Waals surface area contributed by atoms with Crippen molar-refractivity contribution < 1.29 is 14.3 Å². The lowest BCUT2D eigenvalue weighted by Gasteiger charge is -2.15. The van der Waals surface area contributed by atoms with Crippen molar-refractivity contribution in [2.75, 3.05) is 20.2 Å². The number of rotatable bonds is 5. The molecule has 0 saturated heterocycles. The topological polar surface area (TPSA) is 79.5 Å². The maximum atomic E-state index is 11.9. The number of hydrogen-bond donors (Lipinski definition) is 1. The molecular weight excluding hydrogens is 236 g/mol. The third-order valence-corrected chi connectivity index (χ3v) is 2.36. The zero-order valence-corrected chi connectivity index (χ0v) is 10.4. The molecule has 98 valence electrons. The van der Waals surface area contributed by atoms with E-state index in [-0.39, 0.29) is 29.9 Å². The Labute approximate surface area is 105 Å². The fourth-order valence-corrected chi connectivity index (χ4v) is 1.38. The van der Waals surface area contributed by atoms with E-state index in [2.05, 4.69) is 4.98 Å². The number of nitrogens with zero attached hydrogens (tertiary/aromatic N) is 1. The molecule has 0 bridgehead atoms. The van der Waals surface area contributed by atoms with Crippen LogP contribution >= 0.6 is 0 Å². The molecule has 0 aromatic carbocycles. The summed E-state index contributed by atoms with van der Waals surface area (Å²) in [4.78, 5) is 38.5. The van der Waals surface area contributed by atoms with Crippen LogP contribution < -0.4 is 5.43 Å². The number of esters is 1. The number of H-pyrrole nitrogens is 1. The van der Waals surface area contributed by atoms with E-state index in [0.717, 1.165) is 0 Å². The van der Waals surface area contributed by atoms with Gasteiger partial charge in [-0.25, -0.2) is 0 Å². The first-order valence-electron chi connectivity index (χ1n) is 5.64. The Morgan fingerprint density at radius 3 is 2.78 bits per heavy atom. The molecule has 0 spiro atoms. The van der Waals surface area contributed by atoms with Gasteiger partial charge in [-0.3, -0.25) is 14.4 Å². The van der Waals surface area contributed by atoms with Crippen molar-refractivity contribution >= 4 is 11.9 Å². The zero-order valence-electron chi connectivity index (χ0n) is 10.4. The second-order valence-corrected chi connectivity index (χ2v) is 3.70. The van der Waals surface area contributed by atoms with Gasteiger partial charge < -0.3 is 14.6 Å². The van der Waals surface area contributed by atoms with E-state index in [0.29, 0.717) is 6.61 Å². The van der Waals surface area contributed by atoms with Crippen LogP contribution in [-0.4, -0.2) is 42.0 Å². The number of amides is 1. The minimum Gasteiger partial charge on any atom is -0.466 e. The Hall–Kier alpha value is -2.11. The highest BCUT2D eigenvalue weighted by atomic mass is 16.5. The van der Waals surface area contributed by atoms with Crippen molar-refractivity contribution in [3.63, 3.8) is 0 Å². The molecule has 6 heteroatoms. The largest absolute Gasteiger partial charge is 0.466 e. The maximum absolute atomic E-state index is 11.9. The number of aromatic nitrogens is 1. The number of carbonyl (C=O) groups is 2. The van der Waals surface area contributed by atoms with Gasteiger partial charge in [0.15, 0.2) is 5.43 Å². The first-order chi connectivity index (χ1) is 8.56. The molecule has 1 rings (SSSR count). The van der Waals surface area contributed by atoms with Crippen molar-refractivity contribution in [2.24, 2.45) is 0 Å². The Balaban J connectivity index is 2.60. The lowest BCUT2D eigenvalue weighted by molar-refractivity contribution is -0.143. The molecule has 0 radical (unpaired) electrons. The summed E-state index contributed by atoms with van der Waals surface area (Å²) >= 11 is 0. The van der Waals surface area contributed by atoms with E-state index >= 15 is 0 Å². The molecule has 18 heavy (non-hydrogen) atoms. The van der Waals surface area contributed by atoms with E-state index in [4.69, 9.17) is 4.74 Å². The molecule has 0 atom stereocenters. The standard InChI is InChI=1S/C12H16N2O4/c1-3-18-11(16)5-7-14(2)12(17)9-8-13-6-4-10(9)15/h4,6,8H,3,5,7H2,1-2H3,(H,13,15). The Bertz CT molecular complexity index is 481. The van der Waals surface area contributed by atoms with Crippen LogP contribution in [0, 0.1) is 0 Å². The molecule has 1 N–H and O–H groups in total. The van der Waals surface area contributed by atoms with Gasteiger partial charge in [-0.05, 0) is 6.92 Å². The quantitative estimate of drug-likeness (QED) is 0.769. The van der Waals surface area contributed by atoms with Gasteiger partial charge in [0.2, 0.25) is 0 Å². The normalized spacial score (nSPS) is 9.89. The lowest BCUT2D eigenvalue weighted by Crippen LogP contribution is -2.32. The van der Waals surface area contributed by atoms with Gasteiger partial charge in [-0.2, -0.15) is 0 Å². The van der Waals surface area contributed by atoms with Crippen molar-refractivity contribution in [2.45, 2.75) is 13.3 Å². The smallest absolute Gasteiger partial charge is 0.307 e. The van der Waals surface area contributed by atoms with Crippen molar-refractivity contribution in [3.8, 4) is 0 Å². The van der Waals surface area contributed by atoms with Crippen LogP contribution in [0.5, 0.6) is 0 Å². The Morgan fingerprint density at radius 2 is 2.17 bits per heavy atom.